The van der Waals surface area contributed by atoms with E-state index in [1.807, 2.05) is 54.6 Å². The lowest BCUT2D eigenvalue weighted by Crippen LogP contribution is -2.46. The molecule has 0 N–H and O–H groups in total. The van der Waals surface area contributed by atoms with Gasteiger partial charge in [0.15, 0.2) is 0 Å². The SMILES string of the molecule is Cl.O=[N+]([O-])c1ccc(OCCCCN2CCN(c3cccc(Cl)c3Cl)CC2)c(C=Cc2ccccc2Br)c1. The average Bonchev–Trinajstić information content (AvgIpc) is 2.90. The molecule has 0 saturated carbocycles. The summed E-state index contributed by atoms with van der Waals surface area (Å²) in [7, 11) is 0. The number of piperazine rings is 1. The molecule has 1 saturated heterocycles. The van der Waals surface area contributed by atoms with Gasteiger partial charge in [0.05, 0.1) is 27.3 Å². The molecule has 6 nitrogen and oxygen atoms in total. The number of hydrogen-bond donors (Lipinski definition) is 0. The standard InChI is InChI=1S/C28H28BrCl2N3O3.ClH/c29-24-7-2-1-6-21(24)10-11-22-20-23(34(35)36)12-13-27(22)37-19-4-3-14-32-15-17-33(18-16-32)26-9-5-8-25(30)28(26)31;/h1-2,5-13,20H,3-4,14-19H2;1H. The first-order chi connectivity index (χ1) is 17.9. The molecule has 0 unspecified atom stereocenters. The monoisotopic (exact) mass is 639 g/mol. The normalized spacial score (nSPS) is 13.9. The summed E-state index contributed by atoms with van der Waals surface area (Å²) in [4.78, 5) is 15.6. The van der Waals surface area contributed by atoms with Crippen molar-refractivity contribution >= 4 is 75.1 Å². The number of anilines is 1. The molecular weight excluding hydrogens is 613 g/mol. The molecule has 0 bridgehead atoms. The van der Waals surface area contributed by atoms with Gasteiger partial charge in [0.1, 0.15) is 5.75 Å². The summed E-state index contributed by atoms with van der Waals surface area (Å²) in [5.74, 6) is 0.640. The Kier molecular flexibility index (Phi) is 11.7. The van der Waals surface area contributed by atoms with Gasteiger partial charge in [-0.2, -0.15) is 0 Å². The van der Waals surface area contributed by atoms with Crippen LogP contribution in [0, 0.1) is 10.1 Å². The molecular formula is C28H29BrCl3N3O3. The average molecular weight is 642 g/mol. The quantitative estimate of drug-likeness (QED) is 0.0966. The Labute approximate surface area is 247 Å². The second-order valence-electron chi connectivity index (χ2n) is 8.79. The first-order valence-electron chi connectivity index (χ1n) is 12.2. The summed E-state index contributed by atoms with van der Waals surface area (Å²) < 4.78 is 6.99. The van der Waals surface area contributed by atoms with Crippen LogP contribution in [0.4, 0.5) is 11.4 Å². The van der Waals surface area contributed by atoms with E-state index in [1.54, 1.807) is 12.1 Å². The summed E-state index contributed by atoms with van der Waals surface area (Å²) in [5, 5.41) is 12.5. The van der Waals surface area contributed by atoms with Crippen LogP contribution in [0.15, 0.2) is 65.1 Å². The van der Waals surface area contributed by atoms with E-state index < -0.39 is 0 Å². The molecule has 0 amide bonds. The number of benzene rings is 3. The number of unbranched alkanes of at least 4 members (excludes halogenated alkanes) is 1. The van der Waals surface area contributed by atoms with Gasteiger partial charge in [0, 0.05) is 48.3 Å². The largest absolute Gasteiger partial charge is 0.493 e. The van der Waals surface area contributed by atoms with E-state index in [1.165, 1.54) is 6.07 Å². The van der Waals surface area contributed by atoms with Crippen molar-refractivity contribution in [1.29, 1.82) is 0 Å². The highest BCUT2D eigenvalue weighted by Gasteiger charge is 2.19. The molecule has 3 aromatic rings. The fourth-order valence-corrected chi connectivity index (χ4v) is 5.10. The van der Waals surface area contributed by atoms with Crippen molar-refractivity contribution in [3.05, 3.63) is 96.4 Å². The van der Waals surface area contributed by atoms with E-state index in [0.29, 0.717) is 28.0 Å². The molecule has 1 fully saturated rings. The van der Waals surface area contributed by atoms with Crippen LogP contribution in [0.3, 0.4) is 0 Å². The van der Waals surface area contributed by atoms with Crippen LogP contribution in [0.25, 0.3) is 12.2 Å². The zero-order valence-electron chi connectivity index (χ0n) is 20.7. The predicted molar refractivity (Wildman–Crippen MR) is 163 cm³/mol. The third kappa shape index (κ3) is 8.10. The van der Waals surface area contributed by atoms with Crippen LogP contribution in [-0.2, 0) is 0 Å². The Hall–Kier alpha value is -2.29. The van der Waals surface area contributed by atoms with Crippen LogP contribution < -0.4 is 9.64 Å². The third-order valence-corrected chi connectivity index (χ3v) is 7.85. The van der Waals surface area contributed by atoms with Gasteiger partial charge in [-0.25, -0.2) is 0 Å². The fraction of sp³-hybridized carbons (Fsp3) is 0.286. The van der Waals surface area contributed by atoms with Crippen molar-refractivity contribution in [2.75, 3.05) is 44.2 Å². The van der Waals surface area contributed by atoms with Crippen molar-refractivity contribution in [2.45, 2.75) is 12.8 Å². The molecule has 0 aromatic heterocycles. The Bertz CT molecular complexity index is 1270. The minimum Gasteiger partial charge on any atom is -0.493 e. The number of non-ortho nitro benzene ring substituents is 1. The predicted octanol–water partition coefficient (Wildman–Crippen LogP) is 8.24. The topological polar surface area (TPSA) is 58.9 Å². The first kappa shape index (κ1) is 30.3. The second-order valence-corrected chi connectivity index (χ2v) is 10.4. The third-order valence-electron chi connectivity index (χ3n) is 6.32. The van der Waals surface area contributed by atoms with Crippen LogP contribution >= 0.6 is 51.5 Å². The van der Waals surface area contributed by atoms with Crippen molar-refractivity contribution in [1.82, 2.24) is 4.90 Å². The van der Waals surface area contributed by atoms with Crippen molar-refractivity contribution in [3.63, 3.8) is 0 Å². The molecule has 10 heteroatoms. The van der Waals surface area contributed by atoms with Crippen molar-refractivity contribution in [2.24, 2.45) is 0 Å². The van der Waals surface area contributed by atoms with Crippen LogP contribution in [0.1, 0.15) is 24.0 Å². The Morgan fingerprint density at radius 1 is 0.947 bits per heavy atom. The summed E-state index contributed by atoms with van der Waals surface area (Å²) in [6.07, 6.45) is 5.68. The van der Waals surface area contributed by atoms with E-state index in [-0.39, 0.29) is 23.0 Å². The van der Waals surface area contributed by atoms with Gasteiger partial charge in [0.2, 0.25) is 0 Å². The summed E-state index contributed by atoms with van der Waals surface area (Å²) >= 11 is 16.1. The molecule has 0 spiro atoms. The highest BCUT2D eigenvalue weighted by Crippen LogP contribution is 2.33. The first-order valence-corrected chi connectivity index (χ1v) is 13.7. The van der Waals surface area contributed by atoms with E-state index in [2.05, 4.69) is 25.7 Å². The highest BCUT2D eigenvalue weighted by molar-refractivity contribution is 9.10. The van der Waals surface area contributed by atoms with Gasteiger partial charge in [-0.3, -0.25) is 15.0 Å². The van der Waals surface area contributed by atoms with Gasteiger partial charge in [-0.05, 0) is 49.2 Å². The molecule has 4 rings (SSSR count). The lowest BCUT2D eigenvalue weighted by atomic mass is 10.1. The number of nitro benzene ring substituents is 1. The zero-order valence-corrected chi connectivity index (χ0v) is 24.6. The molecule has 202 valence electrons. The maximum atomic E-state index is 11.3. The lowest BCUT2D eigenvalue weighted by molar-refractivity contribution is -0.384. The van der Waals surface area contributed by atoms with E-state index in [4.69, 9.17) is 27.9 Å². The molecule has 1 heterocycles. The summed E-state index contributed by atoms with van der Waals surface area (Å²) in [6, 6.07) is 18.3. The maximum Gasteiger partial charge on any atom is 0.270 e. The Morgan fingerprint density at radius 3 is 2.42 bits per heavy atom. The van der Waals surface area contributed by atoms with Crippen molar-refractivity contribution < 1.29 is 9.66 Å². The molecule has 1 aliphatic heterocycles. The van der Waals surface area contributed by atoms with Gasteiger partial charge in [0.25, 0.3) is 5.69 Å². The molecule has 0 radical (unpaired) electrons. The van der Waals surface area contributed by atoms with E-state index >= 15 is 0 Å². The molecule has 3 aromatic carbocycles. The zero-order chi connectivity index (χ0) is 26.2. The van der Waals surface area contributed by atoms with Gasteiger partial charge in [-0.15, -0.1) is 12.4 Å². The smallest absolute Gasteiger partial charge is 0.270 e. The Balaban J connectivity index is 0.00000400. The second kappa shape index (κ2) is 14.8. The molecule has 0 atom stereocenters. The minimum absolute atomic E-state index is 0. The van der Waals surface area contributed by atoms with Crippen molar-refractivity contribution in [3.8, 4) is 5.75 Å². The molecule has 0 aliphatic carbocycles. The number of halogens is 4. The Morgan fingerprint density at radius 2 is 1.68 bits per heavy atom. The minimum atomic E-state index is -0.389. The lowest BCUT2D eigenvalue weighted by Gasteiger charge is -2.36. The number of ether oxygens (including phenoxy) is 1. The molecule has 38 heavy (non-hydrogen) atoms. The van der Waals surface area contributed by atoms with E-state index in [9.17, 15) is 10.1 Å². The van der Waals surface area contributed by atoms with Crippen LogP contribution in [-0.4, -0.2) is 49.2 Å². The highest BCUT2D eigenvalue weighted by atomic mass is 79.9. The molecule has 1 aliphatic rings. The number of nitro groups is 1. The van der Waals surface area contributed by atoms with Crippen LogP contribution in [0.5, 0.6) is 5.75 Å². The van der Waals surface area contributed by atoms with Gasteiger partial charge in [-0.1, -0.05) is 75.5 Å². The fourth-order valence-electron chi connectivity index (χ4n) is 4.27. The summed E-state index contributed by atoms with van der Waals surface area (Å²) in [5.41, 5.74) is 2.70. The number of hydrogen-bond acceptors (Lipinski definition) is 5. The van der Waals surface area contributed by atoms with Gasteiger partial charge >= 0.3 is 0 Å². The maximum absolute atomic E-state index is 11.3. The number of rotatable bonds is 10. The van der Waals surface area contributed by atoms with E-state index in [0.717, 1.165) is 61.3 Å². The van der Waals surface area contributed by atoms with Gasteiger partial charge < -0.3 is 9.64 Å². The number of nitrogens with zero attached hydrogens (tertiary/aromatic N) is 3. The summed E-state index contributed by atoms with van der Waals surface area (Å²) in [6.45, 7) is 5.30. The van der Waals surface area contributed by atoms with Crippen LogP contribution in [0.2, 0.25) is 10.0 Å².